The van der Waals surface area contributed by atoms with Crippen LogP contribution in [0.15, 0.2) is 28.7 Å². The molecule has 1 aliphatic heterocycles. The van der Waals surface area contributed by atoms with Crippen LogP contribution in [0, 0.1) is 0 Å². The van der Waals surface area contributed by atoms with Crippen LogP contribution in [0.5, 0.6) is 0 Å². The van der Waals surface area contributed by atoms with Gasteiger partial charge in [0.05, 0.1) is 6.04 Å². The standard InChI is InChI=1S/C13H16BrNO2/c1-13(2,3)17-12(16)11-10(15-11)8-5-4-6-9(14)7-8/h4-7,10-11,15H,1-3H3/t10-,11+/m1/s1. The molecule has 0 bridgehead atoms. The molecule has 1 heterocycles. The van der Waals surface area contributed by atoms with E-state index in [1.165, 1.54) is 0 Å². The van der Waals surface area contributed by atoms with Crippen LogP contribution in [-0.4, -0.2) is 17.6 Å². The number of halogens is 1. The van der Waals surface area contributed by atoms with Crippen molar-refractivity contribution in [3.05, 3.63) is 34.3 Å². The summed E-state index contributed by atoms with van der Waals surface area (Å²) in [4.78, 5) is 11.8. The zero-order valence-electron chi connectivity index (χ0n) is 10.2. The van der Waals surface area contributed by atoms with Gasteiger partial charge in [-0.1, -0.05) is 28.1 Å². The first-order chi connectivity index (χ1) is 7.87. The zero-order valence-corrected chi connectivity index (χ0v) is 11.7. The number of hydrogen-bond acceptors (Lipinski definition) is 3. The summed E-state index contributed by atoms with van der Waals surface area (Å²) >= 11 is 3.42. The van der Waals surface area contributed by atoms with E-state index in [2.05, 4.69) is 21.2 Å². The van der Waals surface area contributed by atoms with Crippen LogP contribution in [0.3, 0.4) is 0 Å². The number of ether oxygens (including phenoxy) is 1. The lowest BCUT2D eigenvalue weighted by molar-refractivity contribution is -0.154. The number of carbonyl (C=O) groups excluding carboxylic acids is 1. The molecular formula is C13H16BrNO2. The Morgan fingerprint density at radius 3 is 2.71 bits per heavy atom. The Balaban J connectivity index is 1.99. The molecule has 1 aromatic carbocycles. The van der Waals surface area contributed by atoms with Gasteiger partial charge in [-0.25, -0.2) is 0 Å². The summed E-state index contributed by atoms with van der Waals surface area (Å²) in [5.41, 5.74) is 0.679. The lowest BCUT2D eigenvalue weighted by Gasteiger charge is -2.19. The largest absolute Gasteiger partial charge is 0.459 e. The van der Waals surface area contributed by atoms with Gasteiger partial charge < -0.3 is 4.74 Å². The van der Waals surface area contributed by atoms with Gasteiger partial charge in [0.15, 0.2) is 0 Å². The predicted octanol–water partition coefficient (Wildman–Crippen LogP) is 2.80. The highest BCUT2D eigenvalue weighted by Crippen LogP contribution is 2.32. The minimum Gasteiger partial charge on any atom is -0.459 e. The average molecular weight is 298 g/mol. The molecule has 0 saturated carbocycles. The van der Waals surface area contributed by atoms with Crippen molar-refractivity contribution < 1.29 is 9.53 Å². The number of nitrogens with one attached hydrogen (secondary N) is 1. The molecule has 2 rings (SSSR count). The van der Waals surface area contributed by atoms with Gasteiger partial charge in [-0.3, -0.25) is 10.1 Å². The zero-order chi connectivity index (χ0) is 12.6. The maximum Gasteiger partial charge on any atom is 0.325 e. The third kappa shape index (κ3) is 3.30. The fourth-order valence-electron chi connectivity index (χ4n) is 1.70. The highest BCUT2D eigenvalue weighted by atomic mass is 79.9. The lowest BCUT2D eigenvalue weighted by atomic mass is 10.1. The van der Waals surface area contributed by atoms with Gasteiger partial charge in [0.2, 0.25) is 0 Å². The maximum atomic E-state index is 11.8. The number of benzene rings is 1. The molecule has 1 aliphatic rings. The summed E-state index contributed by atoms with van der Waals surface area (Å²) in [7, 11) is 0. The van der Waals surface area contributed by atoms with Gasteiger partial charge in [-0.15, -0.1) is 0 Å². The van der Waals surface area contributed by atoms with Crippen molar-refractivity contribution in [1.29, 1.82) is 0 Å². The van der Waals surface area contributed by atoms with E-state index >= 15 is 0 Å². The highest BCUT2D eigenvalue weighted by molar-refractivity contribution is 9.10. The number of esters is 1. The van der Waals surface area contributed by atoms with Crippen LogP contribution in [0.4, 0.5) is 0 Å². The van der Waals surface area contributed by atoms with Crippen LogP contribution in [0.25, 0.3) is 0 Å². The minimum atomic E-state index is -0.427. The van der Waals surface area contributed by atoms with Gasteiger partial charge in [0.25, 0.3) is 0 Å². The number of hydrogen-bond donors (Lipinski definition) is 1. The normalized spacial score (nSPS) is 23.3. The van der Waals surface area contributed by atoms with Crippen LogP contribution < -0.4 is 5.32 Å². The van der Waals surface area contributed by atoms with E-state index in [1.807, 2.05) is 45.0 Å². The molecule has 3 nitrogen and oxygen atoms in total. The average Bonchev–Trinajstić information content (AvgIpc) is 2.94. The van der Waals surface area contributed by atoms with Crippen molar-refractivity contribution >= 4 is 21.9 Å². The first kappa shape index (κ1) is 12.6. The summed E-state index contributed by atoms with van der Waals surface area (Å²) < 4.78 is 6.35. The van der Waals surface area contributed by atoms with E-state index in [0.29, 0.717) is 0 Å². The molecule has 4 heteroatoms. The van der Waals surface area contributed by atoms with Crippen molar-refractivity contribution in [1.82, 2.24) is 5.32 Å². The predicted molar refractivity (Wildman–Crippen MR) is 69.7 cm³/mol. The highest BCUT2D eigenvalue weighted by Gasteiger charge is 2.45. The Morgan fingerprint density at radius 2 is 2.12 bits per heavy atom. The molecule has 1 saturated heterocycles. The van der Waals surface area contributed by atoms with Gasteiger partial charge in [-0.2, -0.15) is 0 Å². The monoisotopic (exact) mass is 297 g/mol. The molecule has 17 heavy (non-hydrogen) atoms. The maximum absolute atomic E-state index is 11.8. The van der Waals surface area contributed by atoms with Gasteiger partial charge in [0, 0.05) is 4.47 Å². The Hall–Kier alpha value is -0.870. The third-order valence-corrected chi connectivity index (χ3v) is 2.95. The molecule has 1 aromatic rings. The van der Waals surface area contributed by atoms with Crippen molar-refractivity contribution in [2.45, 2.75) is 38.5 Å². The number of rotatable bonds is 2. The van der Waals surface area contributed by atoms with Gasteiger partial charge >= 0.3 is 5.97 Å². The summed E-state index contributed by atoms with van der Waals surface area (Å²) in [5, 5.41) is 3.14. The Morgan fingerprint density at radius 1 is 1.41 bits per heavy atom. The quantitative estimate of drug-likeness (QED) is 0.674. The van der Waals surface area contributed by atoms with E-state index in [1.54, 1.807) is 0 Å². The molecule has 1 fully saturated rings. The summed E-state index contributed by atoms with van der Waals surface area (Å²) in [6, 6.07) is 7.83. The van der Waals surface area contributed by atoms with E-state index in [0.717, 1.165) is 10.0 Å². The van der Waals surface area contributed by atoms with Gasteiger partial charge in [0.1, 0.15) is 11.6 Å². The number of carbonyl (C=O) groups is 1. The van der Waals surface area contributed by atoms with Crippen molar-refractivity contribution in [3.63, 3.8) is 0 Å². The molecule has 0 unspecified atom stereocenters. The van der Waals surface area contributed by atoms with Gasteiger partial charge in [-0.05, 0) is 38.5 Å². The second kappa shape index (κ2) is 4.42. The summed E-state index contributed by atoms with van der Waals surface area (Å²) in [6.07, 6.45) is 0. The topological polar surface area (TPSA) is 48.2 Å². The molecule has 0 spiro atoms. The summed E-state index contributed by atoms with van der Waals surface area (Å²) in [5.74, 6) is -0.178. The molecule has 0 radical (unpaired) electrons. The molecule has 0 amide bonds. The molecule has 0 aromatic heterocycles. The lowest BCUT2D eigenvalue weighted by Crippen LogP contribution is -2.27. The van der Waals surface area contributed by atoms with E-state index < -0.39 is 5.60 Å². The van der Waals surface area contributed by atoms with E-state index in [4.69, 9.17) is 4.74 Å². The van der Waals surface area contributed by atoms with Crippen LogP contribution >= 0.6 is 15.9 Å². The van der Waals surface area contributed by atoms with Crippen LogP contribution in [-0.2, 0) is 9.53 Å². The minimum absolute atomic E-state index is 0.0855. The van der Waals surface area contributed by atoms with E-state index in [-0.39, 0.29) is 18.1 Å². The SMILES string of the molecule is CC(C)(C)OC(=O)[C@H]1N[C@@H]1c1cccc(Br)c1. The second-order valence-corrected chi connectivity index (χ2v) is 6.13. The van der Waals surface area contributed by atoms with E-state index in [9.17, 15) is 4.79 Å². The Kier molecular flexibility index (Phi) is 3.27. The Bertz CT molecular complexity index is 439. The third-order valence-electron chi connectivity index (χ3n) is 2.45. The first-order valence-corrected chi connectivity index (χ1v) is 6.40. The fourth-order valence-corrected chi connectivity index (χ4v) is 2.11. The van der Waals surface area contributed by atoms with Crippen LogP contribution in [0.1, 0.15) is 32.4 Å². The smallest absolute Gasteiger partial charge is 0.325 e. The van der Waals surface area contributed by atoms with Crippen molar-refractivity contribution in [2.24, 2.45) is 0 Å². The molecule has 1 N–H and O–H groups in total. The van der Waals surface area contributed by atoms with Crippen LogP contribution in [0.2, 0.25) is 0 Å². The second-order valence-electron chi connectivity index (χ2n) is 5.21. The molecular weight excluding hydrogens is 282 g/mol. The molecule has 2 atom stereocenters. The first-order valence-electron chi connectivity index (χ1n) is 5.61. The van der Waals surface area contributed by atoms with Crippen molar-refractivity contribution in [3.8, 4) is 0 Å². The van der Waals surface area contributed by atoms with Crippen molar-refractivity contribution in [2.75, 3.05) is 0 Å². The molecule has 0 aliphatic carbocycles. The summed E-state index contributed by atoms with van der Waals surface area (Å²) in [6.45, 7) is 5.63. The molecule has 92 valence electrons. The fraction of sp³-hybridized carbons (Fsp3) is 0.462. The Labute approximate surface area is 110 Å².